The molecule has 0 N–H and O–H groups in total. The lowest BCUT2D eigenvalue weighted by Gasteiger charge is -2.32. The summed E-state index contributed by atoms with van der Waals surface area (Å²) in [5.74, 6) is 0. The highest BCUT2D eigenvalue weighted by Crippen LogP contribution is 2.57. The molecular formula is C41H36N2. The molecule has 0 bridgehead atoms. The van der Waals surface area contributed by atoms with Gasteiger partial charge in [0.05, 0.1) is 5.69 Å². The zero-order valence-corrected chi connectivity index (χ0v) is 25.8. The molecule has 2 nitrogen and oxygen atoms in total. The molecule has 0 saturated heterocycles. The van der Waals surface area contributed by atoms with Crippen molar-refractivity contribution in [2.45, 2.75) is 52.4 Å². The number of rotatable bonds is 2. The van der Waals surface area contributed by atoms with E-state index in [1.54, 1.807) is 0 Å². The number of hydrogen-bond donors (Lipinski definition) is 0. The summed E-state index contributed by atoms with van der Waals surface area (Å²) in [5.41, 5.74) is 14.0. The topological polar surface area (TPSA) is 17.3 Å². The van der Waals surface area contributed by atoms with Crippen molar-refractivity contribution in [1.82, 2.24) is 9.38 Å². The van der Waals surface area contributed by atoms with Crippen LogP contribution in [0.25, 0.3) is 71.8 Å². The highest BCUT2D eigenvalue weighted by atomic mass is 15.0. The molecule has 0 radical (unpaired) electrons. The lowest BCUT2D eigenvalue weighted by Crippen LogP contribution is -2.18. The highest BCUT2D eigenvalue weighted by molar-refractivity contribution is 6.22. The standard InChI is InChI=1S/C41H36N2/c1-40(2,3)38-29-12-7-8-13-30(29)39(41(4,5)6)37-32-22-21-27(28-14-11-15-31(35(28)32)36(37)38)25-17-19-26(20-18-25)33-24-43-23-10-9-16-34(43)42-33/h7-24H,1-6H3. The Morgan fingerprint density at radius 2 is 1.07 bits per heavy atom. The predicted octanol–water partition coefficient (Wildman–Crippen LogP) is 11.2. The van der Waals surface area contributed by atoms with Gasteiger partial charge in [-0.15, -0.1) is 0 Å². The maximum Gasteiger partial charge on any atom is 0.137 e. The summed E-state index contributed by atoms with van der Waals surface area (Å²) >= 11 is 0. The lowest BCUT2D eigenvalue weighted by molar-refractivity contribution is 0.588. The van der Waals surface area contributed by atoms with Gasteiger partial charge >= 0.3 is 0 Å². The molecular weight excluding hydrogens is 520 g/mol. The van der Waals surface area contributed by atoms with Crippen molar-refractivity contribution in [3.63, 3.8) is 0 Å². The summed E-state index contributed by atoms with van der Waals surface area (Å²) in [6.07, 6.45) is 4.15. The van der Waals surface area contributed by atoms with Crippen LogP contribution < -0.4 is 0 Å². The molecule has 2 heteroatoms. The number of benzene rings is 5. The monoisotopic (exact) mass is 556 g/mol. The van der Waals surface area contributed by atoms with Crippen LogP contribution in [-0.2, 0) is 10.8 Å². The molecule has 0 atom stereocenters. The summed E-state index contributed by atoms with van der Waals surface area (Å²) < 4.78 is 2.07. The molecule has 2 aromatic heterocycles. The molecule has 5 aromatic carbocycles. The first-order valence-corrected chi connectivity index (χ1v) is 15.3. The van der Waals surface area contributed by atoms with Gasteiger partial charge in [0.2, 0.25) is 0 Å². The van der Waals surface area contributed by atoms with E-state index >= 15 is 0 Å². The van der Waals surface area contributed by atoms with E-state index in [4.69, 9.17) is 4.98 Å². The Morgan fingerprint density at radius 1 is 0.512 bits per heavy atom. The average molecular weight is 557 g/mol. The van der Waals surface area contributed by atoms with Gasteiger partial charge in [0.25, 0.3) is 0 Å². The molecule has 1 aliphatic rings. The van der Waals surface area contributed by atoms with Gasteiger partial charge in [-0.05, 0) is 89.0 Å². The molecule has 0 unspecified atom stereocenters. The Labute approximate surface area is 253 Å². The first-order valence-electron chi connectivity index (χ1n) is 15.3. The van der Waals surface area contributed by atoms with E-state index in [0.717, 1.165) is 16.9 Å². The van der Waals surface area contributed by atoms with E-state index in [0.29, 0.717) is 0 Å². The average Bonchev–Trinajstić information content (AvgIpc) is 3.56. The minimum absolute atomic E-state index is 0.0130. The van der Waals surface area contributed by atoms with Crippen molar-refractivity contribution in [3.8, 4) is 44.6 Å². The normalized spacial score (nSPS) is 12.9. The molecule has 210 valence electrons. The van der Waals surface area contributed by atoms with Crippen molar-refractivity contribution >= 4 is 27.2 Å². The van der Waals surface area contributed by atoms with Gasteiger partial charge in [-0.2, -0.15) is 0 Å². The number of pyridine rings is 1. The SMILES string of the molecule is CC(C)(C)c1c2c(c(C(C)(C)C)c3ccccc13)-c1ccc(-c3ccc(-c4cn5ccccc5n4)cc3)c3cccc-2c13. The van der Waals surface area contributed by atoms with E-state index in [-0.39, 0.29) is 10.8 Å². The second kappa shape index (κ2) is 8.91. The molecule has 0 amide bonds. The zero-order chi connectivity index (χ0) is 29.7. The third-order valence-corrected chi connectivity index (χ3v) is 9.15. The zero-order valence-electron chi connectivity index (χ0n) is 25.8. The van der Waals surface area contributed by atoms with Crippen LogP contribution in [0.5, 0.6) is 0 Å². The molecule has 2 heterocycles. The fourth-order valence-corrected chi connectivity index (χ4v) is 7.50. The quantitative estimate of drug-likeness (QED) is 0.207. The summed E-state index contributed by atoms with van der Waals surface area (Å²) in [7, 11) is 0. The molecule has 7 aromatic rings. The predicted molar refractivity (Wildman–Crippen MR) is 183 cm³/mol. The second-order valence-corrected chi connectivity index (χ2v) is 14.1. The van der Waals surface area contributed by atoms with E-state index in [9.17, 15) is 0 Å². The molecule has 1 aliphatic carbocycles. The smallest absolute Gasteiger partial charge is 0.137 e. The van der Waals surface area contributed by atoms with E-state index in [1.807, 2.05) is 24.4 Å². The van der Waals surface area contributed by atoms with Gasteiger partial charge in [-0.3, -0.25) is 0 Å². The van der Waals surface area contributed by atoms with Gasteiger partial charge in [-0.1, -0.05) is 126 Å². The Hall–Kier alpha value is -4.69. The first-order chi connectivity index (χ1) is 20.6. The number of imidazole rings is 1. The van der Waals surface area contributed by atoms with Crippen molar-refractivity contribution in [2.24, 2.45) is 0 Å². The third-order valence-electron chi connectivity index (χ3n) is 9.15. The Kier molecular flexibility index (Phi) is 5.38. The fraction of sp³-hybridized carbons (Fsp3) is 0.195. The third kappa shape index (κ3) is 3.82. The van der Waals surface area contributed by atoms with Crippen molar-refractivity contribution in [1.29, 1.82) is 0 Å². The van der Waals surface area contributed by atoms with Crippen LogP contribution in [0.4, 0.5) is 0 Å². The van der Waals surface area contributed by atoms with Gasteiger partial charge in [0.1, 0.15) is 5.65 Å². The minimum atomic E-state index is -0.0130. The van der Waals surface area contributed by atoms with Crippen molar-refractivity contribution in [2.75, 3.05) is 0 Å². The summed E-state index contributed by atoms with van der Waals surface area (Å²) in [6, 6.07) is 35.7. The van der Waals surface area contributed by atoms with Crippen LogP contribution >= 0.6 is 0 Å². The van der Waals surface area contributed by atoms with Crippen molar-refractivity contribution < 1.29 is 0 Å². The van der Waals surface area contributed by atoms with Crippen LogP contribution in [0.1, 0.15) is 52.7 Å². The molecule has 0 spiro atoms. The van der Waals surface area contributed by atoms with Gasteiger partial charge < -0.3 is 4.40 Å². The maximum atomic E-state index is 4.83. The molecule has 8 rings (SSSR count). The highest BCUT2D eigenvalue weighted by Gasteiger charge is 2.36. The van der Waals surface area contributed by atoms with E-state index < -0.39 is 0 Å². The largest absolute Gasteiger partial charge is 0.306 e. The van der Waals surface area contributed by atoms with Gasteiger partial charge in [0.15, 0.2) is 0 Å². The lowest BCUT2D eigenvalue weighted by atomic mass is 9.72. The fourth-order valence-electron chi connectivity index (χ4n) is 7.50. The van der Waals surface area contributed by atoms with Crippen LogP contribution in [-0.4, -0.2) is 9.38 Å². The first kappa shape index (κ1) is 26.0. The Morgan fingerprint density at radius 3 is 1.70 bits per heavy atom. The minimum Gasteiger partial charge on any atom is -0.306 e. The van der Waals surface area contributed by atoms with E-state index in [2.05, 4.69) is 131 Å². The number of hydrogen-bond acceptors (Lipinski definition) is 1. The molecule has 0 fully saturated rings. The second-order valence-electron chi connectivity index (χ2n) is 14.1. The Balaban J connectivity index is 1.37. The Bertz CT molecular complexity index is 2130. The number of nitrogens with zero attached hydrogens (tertiary/aromatic N) is 2. The van der Waals surface area contributed by atoms with Gasteiger partial charge in [-0.25, -0.2) is 4.98 Å². The summed E-state index contributed by atoms with van der Waals surface area (Å²) in [4.78, 5) is 4.83. The van der Waals surface area contributed by atoms with Crippen LogP contribution in [0.3, 0.4) is 0 Å². The summed E-state index contributed by atoms with van der Waals surface area (Å²) in [6.45, 7) is 14.2. The number of fused-ring (bicyclic) bond motifs is 5. The number of aromatic nitrogens is 2. The van der Waals surface area contributed by atoms with Crippen LogP contribution in [0, 0.1) is 0 Å². The summed E-state index contributed by atoms with van der Waals surface area (Å²) in [5, 5.41) is 5.46. The van der Waals surface area contributed by atoms with Crippen LogP contribution in [0.15, 0.2) is 109 Å². The van der Waals surface area contributed by atoms with Crippen LogP contribution in [0.2, 0.25) is 0 Å². The molecule has 43 heavy (non-hydrogen) atoms. The molecule has 0 saturated carbocycles. The van der Waals surface area contributed by atoms with Crippen molar-refractivity contribution in [3.05, 3.63) is 121 Å². The maximum absolute atomic E-state index is 4.83. The van der Waals surface area contributed by atoms with Gasteiger partial charge in [0, 0.05) is 18.0 Å². The molecule has 0 aliphatic heterocycles. The van der Waals surface area contributed by atoms with E-state index in [1.165, 1.54) is 66.1 Å².